The highest BCUT2D eigenvalue weighted by Crippen LogP contribution is 2.10. The summed E-state index contributed by atoms with van der Waals surface area (Å²) in [5, 5.41) is 3.04. The largest absolute Gasteiger partial charge is 0.385 e. The van der Waals surface area contributed by atoms with Crippen LogP contribution >= 0.6 is 0 Å². The maximum absolute atomic E-state index is 11.8. The molecular weight excluding hydrogens is 346 g/mol. The van der Waals surface area contributed by atoms with Gasteiger partial charge in [-0.15, -0.1) is 0 Å². The zero-order valence-corrected chi connectivity index (χ0v) is 19.1. The molecule has 0 atom stereocenters. The molecule has 0 bridgehead atoms. The topological polar surface area (TPSA) is 38.3 Å². The van der Waals surface area contributed by atoms with E-state index in [4.69, 9.17) is 4.74 Å². The highest BCUT2D eigenvalue weighted by Gasteiger charge is 2.00. The van der Waals surface area contributed by atoms with E-state index < -0.39 is 0 Å². The van der Waals surface area contributed by atoms with E-state index in [0.717, 1.165) is 32.4 Å². The SMILES string of the molecule is CCCCCCCC/C=C\CCCCCCCC(=O)NCCCCCCOC. The molecule has 0 heterocycles. The smallest absolute Gasteiger partial charge is 0.219 e. The number of carbonyl (C=O) groups is 1. The molecule has 0 aromatic heterocycles. The lowest BCUT2D eigenvalue weighted by Crippen LogP contribution is -2.23. The summed E-state index contributed by atoms with van der Waals surface area (Å²) >= 11 is 0. The Morgan fingerprint density at radius 3 is 1.89 bits per heavy atom. The number of hydrogen-bond acceptors (Lipinski definition) is 2. The van der Waals surface area contributed by atoms with Crippen molar-refractivity contribution in [3.05, 3.63) is 12.2 Å². The fourth-order valence-electron chi connectivity index (χ4n) is 3.40. The van der Waals surface area contributed by atoms with E-state index >= 15 is 0 Å². The molecule has 3 nitrogen and oxygen atoms in total. The van der Waals surface area contributed by atoms with Gasteiger partial charge in [-0.1, -0.05) is 83.3 Å². The van der Waals surface area contributed by atoms with Gasteiger partial charge in [-0.3, -0.25) is 4.79 Å². The van der Waals surface area contributed by atoms with Crippen molar-refractivity contribution >= 4 is 5.91 Å². The summed E-state index contributed by atoms with van der Waals surface area (Å²) in [6.07, 6.45) is 26.9. The number of carbonyl (C=O) groups excluding carboxylic acids is 1. The van der Waals surface area contributed by atoms with Gasteiger partial charge in [0.1, 0.15) is 0 Å². The number of unbranched alkanes of at least 4 members (excludes halogenated alkanes) is 14. The molecule has 0 aromatic rings. The summed E-state index contributed by atoms with van der Waals surface area (Å²) in [6.45, 7) is 3.95. The van der Waals surface area contributed by atoms with Gasteiger partial charge in [-0.25, -0.2) is 0 Å². The standard InChI is InChI=1S/C25H49NO2/c1-3-4-5-6-7-8-9-10-11-12-13-14-15-16-19-22-25(27)26-23-20-17-18-21-24-28-2/h10-11H,3-9,12-24H2,1-2H3,(H,26,27)/b11-10-. The van der Waals surface area contributed by atoms with Gasteiger partial charge in [-0.05, 0) is 44.9 Å². The molecule has 28 heavy (non-hydrogen) atoms. The Balaban J connectivity index is 3.19. The van der Waals surface area contributed by atoms with Gasteiger partial charge in [0.15, 0.2) is 0 Å². The van der Waals surface area contributed by atoms with Crippen LogP contribution in [0, 0.1) is 0 Å². The minimum Gasteiger partial charge on any atom is -0.385 e. The predicted octanol–water partition coefficient (Wildman–Crippen LogP) is 7.35. The second kappa shape index (κ2) is 24.2. The molecule has 0 unspecified atom stereocenters. The number of amides is 1. The Labute approximate surface area is 176 Å². The minimum absolute atomic E-state index is 0.231. The van der Waals surface area contributed by atoms with Crippen LogP contribution < -0.4 is 5.32 Å². The van der Waals surface area contributed by atoms with E-state index in [1.54, 1.807) is 7.11 Å². The fraction of sp³-hybridized carbons (Fsp3) is 0.880. The third-order valence-electron chi connectivity index (χ3n) is 5.26. The lowest BCUT2D eigenvalue weighted by atomic mass is 10.1. The van der Waals surface area contributed by atoms with Crippen molar-refractivity contribution in [2.45, 2.75) is 122 Å². The molecule has 166 valence electrons. The number of allylic oxidation sites excluding steroid dienone is 2. The third-order valence-corrected chi connectivity index (χ3v) is 5.26. The van der Waals surface area contributed by atoms with Crippen LogP contribution in [0.5, 0.6) is 0 Å². The summed E-state index contributed by atoms with van der Waals surface area (Å²) in [7, 11) is 1.75. The molecule has 0 aliphatic carbocycles. The van der Waals surface area contributed by atoms with Crippen LogP contribution in [-0.4, -0.2) is 26.2 Å². The van der Waals surface area contributed by atoms with Gasteiger partial charge in [0.2, 0.25) is 5.91 Å². The Hall–Kier alpha value is -0.830. The van der Waals surface area contributed by atoms with E-state index in [-0.39, 0.29) is 5.91 Å². The molecule has 0 aliphatic heterocycles. The molecule has 1 N–H and O–H groups in total. The van der Waals surface area contributed by atoms with Crippen molar-refractivity contribution in [3.63, 3.8) is 0 Å². The van der Waals surface area contributed by atoms with Gasteiger partial charge in [0, 0.05) is 26.7 Å². The zero-order valence-electron chi connectivity index (χ0n) is 19.1. The minimum atomic E-state index is 0.231. The van der Waals surface area contributed by atoms with Crippen LogP contribution in [0.2, 0.25) is 0 Å². The highest BCUT2D eigenvalue weighted by atomic mass is 16.5. The zero-order chi connectivity index (χ0) is 20.5. The lowest BCUT2D eigenvalue weighted by Gasteiger charge is -2.05. The first-order chi connectivity index (χ1) is 13.8. The fourth-order valence-corrected chi connectivity index (χ4v) is 3.40. The molecule has 0 radical (unpaired) electrons. The van der Waals surface area contributed by atoms with Gasteiger partial charge in [0.05, 0.1) is 0 Å². The van der Waals surface area contributed by atoms with Crippen molar-refractivity contribution in [1.82, 2.24) is 5.32 Å². The van der Waals surface area contributed by atoms with E-state index in [1.807, 2.05) is 0 Å². The van der Waals surface area contributed by atoms with Gasteiger partial charge in [0.25, 0.3) is 0 Å². The first-order valence-corrected chi connectivity index (χ1v) is 12.2. The second-order valence-electron chi connectivity index (χ2n) is 8.09. The number of ether oxygens (including phenoxy) is 1. The summed E-state index contributed by atoms with van der Waals surface area (Å²) in [6, 6.07) is 0. The van der Waals surface area contributed by atoms with E-state index in [2.05, 4.69) is 24.4 Å². The van der Waals surface area contributed by atoms with Crippen molar-refractivity contribution in [3.8, 4) is 0 Å². The number of nitrogens with one attached hydrogen (secondary N) is 1. The van der Waals surface area contributed by atoms with Crippen LogP contribution in [-0.2, 0) is 9.53 Å². The lowest BCUT2D eigenvalue weighted by molar-refractivity contribution is -0.121. The highest BCUT2D eigenvalue weighted by molar-refractivity contribution is 5.75. The second-order valence-corrected chi connectivity index (χ2v) is 8.09. The van der Waals surface area contributed by atoms with E-state index in [0.29, 0.717) is 6.42 Å². The monoisotopic (exact) mass is 395 g/mol. The normalized spacial score (nSPS) is 11.4. The van der Waals surface area contributed by atoms with Crippen molar-refractivity contribution in [2.24, 2.45) is 0 Å². The molecule has 1 amide bonds. The maximum Gasteiger partial charge on any atom is 0.219 e. The van der Waals surface area contributed by atoms with Gasteiger partial charge >= 0.3 is 0 Å². The van der Waals surface area contributed by atoms with Crippen LogP contribution in [0.3, 0.4) is 0 Å². The molecule has 3 heteroatoms. The predicted molar refractivity (Wildman–Crippen MR) is 123 cm³/mol. The van der Waals surface area contributed by atoms with Crippen LogP contribution in [0.4, 0.5) is 0 Å². The molecule has 0 fully saturated rings. The number of rotatable bonds is 22. The molecule has 0 aromatic carbocycles. The average molecular weight is 396 g/mol. The van der Waals surface area contributed by atoms with Crippen molar-refractivity contribution in [2.75, 3.05) is 20.3 Å². The van der Waals surface area contributed by atoms with E-state index in [1.165, 1.54) is 89.9 Å². The van der Waals surface area contributed by atoms with Gasteiger partial charge in [-0.2, -0.15) is 0 Å². The molecule has 0 rings (SSSR count). The van der Waals surface area contributed by atoms with Crippen LogP contribution in [0.25, 0.3) is 0 Å². The Bertz CT molecular complexity index is 341. The van der Waals surface area contributed by atoms with E-state index in [9.17, 15) is 4.79 Å². The van der Waals surface area contributed by atoms with Crippen molar-refractivity contribution < 1.29 is 9.53 Å². The maximum atomic E-state index is 11.8. The van der Waals surface area contributed by atoms with Crippen LogP contribution in [0.1, 0.15) is 122 Å². The Morgan fingerprint density at radius 2 is 1.25 bits per heavy atom. The van der Waals surface area contributed by atoms with Gasteiger partial charge < -0.3 is 10.1 Å². The summed E-state index contributed by atoms with van der Waals surface area (Å²) < 4.78 is 5.03. The Morgan fingerprint density at radius 1 is 0.714 bits per heavy atom. The molecule has 0 spiro atoms. The molecule has 0 saturated heterocycles. The summed E-state index contributed by atoms with van der Waals surface area (Å²) in [5.41, 5.74) is 0. The quantitative estimate of drug-likeness (QED) is 0.154. The Kier molecular flexibility index (Phi) is 23.5. The summed E-state index contributed by atoms with van der Waals surface area (Å²) in [4.78, 5) is 11.8. The van der Waals surface area contributed by atoms with Crippen LogP contribution in [0.15, 0.2) is 12.2 Å². The van der Waals surface area contributed by atoms with Crippen molar-refractivity contribution in [1.29, 1.82) is 0 Å². The summed E-state index contributed by atoms with van der Waals surface area (Å²) in [5.74, 6) is 0.231. The number of hydrogen-bond donors (Lipinski definition) is 1. The third kappa shape index (κ3) is 23.2. The molecule has 0 saturated carbocycles. The molecule has 0 aliphatic rings. The average Bonchev–Trinajstić information content (AvgIpc) is 2.70. The first kappa shape index (κ1) is 27.2. The molecular formula is C25H49NO2. The number of methoxy groups -OCH3 is 1. The first-order valence-electron chi connectivity index (χ1n) is 12.2.